The van der Waals surface area contributed by atoms with Crippen molar-refractivity contribution < 1.29 is 18.0 Å². The third-order valence-corrected chi connectivity index (χ3v) is 4.24. The van der Waals surface area contributed by atoms with Crippen LogP contribution in [0.25, 0.3) is 11.1 Å². The van der Waals surface area contributed by atoms with Crippen LogP contribution in [-0.4, -0.2) is 10.8 Å². The fourth-order valence-electron chi connectivity index (χ4n) is 2.45. The maximum absolute atomic E-state index is 12.7. The highest BCUT2D eigenvalue weighted by Crippen LogP contribution is 2.33. The summed E-state index contributed by atoms with van der Waals surface area (Å²) in [4.78, 5) is 15.5. The van der Waals surface area contributed by atoms with Gasteiger partial charge in [-0.3, -0.25) is 4.79 Å². The van der Waals surface area contributed by atoms with E-state index in [0.29, 0.717) is 21.7 Å². The zero-order valence-corrected chi connectivity index (χ0v) is 14.0. The number of nitrogens with one attached hydrogen (secondary N) is 1. The summed E-state index contributed by atoms with van der Waals surface area (Å²) in [6.07, 6.45) is -1.37. The number of halogens is 5. The predicted molar refractivity (Wildman–Crippen MR) is 91.1 cm³/mol. The first kappa shape index (κ1) is 17.6. The van der Waals surface area contributed by atoms with E-state index in [1.54, 1.807) is 12.3 Å². The van der Waals surface area contributed by atoms with E-state index in [0.717, 1.165) is 12.1 Å². The third-order valence-electron chi connectivity index (χ3n) is 3.69. The lowest BCUT2D eigenvalue weighted by Gasteiger charge is -2.09. The molecule has 3 rings (SSSR count). The first-order valence-corrected chi connectivity index (χ1v) is 7.87. The number of benzene rings is 2. The first-order chi connectivity index (χ1) is 11.8. The Morgan fingerprint density at radius 3 is 2.20 bits per heavy atom. The van der Waals surface area contributed by atoms with Gasteiger partial charge >= 0.3 is 6.18 Å². The third kappa shape index (κ3) is 3.57. The number of aromatic amines is 1. The Bertz CT molecular complexity index is 930. The standard InChI is InChI=1S/C18H10Cl2F3NO/c19-12-5-6-13(16(20)7-12)17(25)15-9-24-8-14(15)10-1-3-11(4-2-10)18(21,22)23/h1-9,24H. The molecule has 7 heteroatoms. The summed E-state index contributed by atoms with van der Waals surface area (Å²) in [5.41, 5.74) is 0.802. The van der Waals surface area contributed by atoms with Gasteiger partial charge in [0.05, 0.1) is 10.6 Å². The molecule has 0 saturated heterocycles. The molecular weight excluding hydrogens is 374 g/mol. The van der Waals surface area contributed by atoms with Crippen molar-refractivity contribution in [2.45, 2.75) is 6.18 Å². The van der Waals surface area contributed by atoms with E-state index < -0.39 is 11.7 Å². The fourth-order valence-corrected chi connectivity index (χ4v) is 2.94. The number of hydrogen-bond acceptors (Lipinski definition) is 1. The average molecular weight is 384 g/mol. The van der Waals surface area contributed by atoms with Gasteiger partial charge in [0.25, 0.3) is 0 Å². The Kier molecular flexibility index (Phi) is 4.62. The molecule has 0 unspecified atom stereocenters. The molecule has 0 aliphatic heterocycles. The molecule has 3 aromatic rings. The molecule has 2 aromatic carbocycles. The number of carbonyl (C=O) groups is 1. The van der Waals surface area contributed by atoms with Crippen LogP contribution in [0.1, 0.15) is 21.5 Å². The molecule has 0 spiro atoms. The Morgan fingerprint density at radius 2 is 1.60 bits per heavy atom. The van der Waals surface area contributed by atoms with Crippen molar-refractivity contribution in [2.75, 3.05) is 0 Å². The van der Waals surface area contributed by atoms with Crippen molar-refractivity contribution in [3.8, 4) is 11.1 Å². The van der Waals surface area contributed by atoms with E-state index in [9.17, 15) is 18.0 Å². The molecule has 25 heavy (non-hydrogen) atoms. The molecule has 0 aliphatic carbocycles. The fraction of sp³-hybridized carbons (Fsp3) is 0.0556. The van der Waals surface area contributed by atoms with Crippen molar-refractivity contribution in [1.82, 2.24) is 4.98 Å². The smallest absolute Gasteiger partial charge is 0.366 e. The number of aromatic nitrogens is 1. The summed E-state index contributed by atoms with van der Waals surface area (Å²) < 4.78 is 38.0. The molecule has 0 atom stereocenters. The van der Waals surface area contributed by atoms with Gasteiger partial charge in [-0.15, -0.1) is 0 Å². The summed E-state index contributed by atoms with van der Waals surface area (Å²) in [6, 6.07) is 9.12. The highest BCUT2D eigenvalue weighted by Gasteiger charge is 2.30. The molecule has 0 radical (unpaired) electrons. The van der Waals surface area contributed by atoms with E-state index in [1.807, 2.05) is 0 Å². The van der Waals surface area contributed by atoms with E-state index in [2.05, 4.69) is 4.98 Å². The monoisotopic (exact) mass is 383 g/mol. The number of alkyl halides is 3. The number of ketones is 1. The summed E-state index contributed by atoms with van der Waals surface area (Å²) in [6.45, 7) is 0. The molecule has 1 heterocycles. The quantitative estimate of drug-likeness (QED) is 0.533. The summed E-state index contributed by atoms with van der Waals surface area (Å²) in [5, 5.41) is 0.607. The van der Waals surface area contributed by atoms with Crippen molar-refractivity contribution >= 4 is 29.0 Å². The molecule has 0 amide bonds. The summed E-state index contributed by atoms with van der Waals surface area (Å²) >= 11 is 11.9. The molecule has 128 valence electrons. The number of carbonyl (C=O) groups excluding carboxylic acids is 1. The van der Waals surface area contributed by atoms with Crippen LogP contribution in [0.15, 0.2) is 54.9 Å². The van der Waals surface area contributed by atoms with Crippen LogP contribution >= 0.6 is 23.2 Å². The molecular formula is C18H10Cl2F3NO. The van der Waals surface area contributed by atoms with E-state index in [1.165, 1.54) is 30.5 Å². The van der Waals surface area contributed by atoms with Crippen molar-refractivity contribution in [3.63, 3.8) is 0 Å². The van der Waals surface area contributed by atoms with Crippen molar-refractivity contribution in [1.29, 1.82) is 0 Å². The van der Waals surface area contributed by atoms with Crippen LogP contribution in [0.4, 0.5) is 13.2 Å². The van der Waals surface area contributed by atoms with E-state index in [4.69, 9.17) is 23.2 Å². The van der Waals surface area contributed by atoms with Gasteiger partial charge in [0.1, 0.15) is 0 Å². The zero-order valence-electron chi connectivity index (χ0n) is 12.5. The first-order valence-electron chi connectivity index (χ1n) is 7.11. The average Bonchev–Trinajstić information content (AvgIpc) is 3.03. The van der Waals surface area contributed by atoms with Crippen LogP contribution in [0, 0.1) is 0 Å². The van der Waals surface area contributed by atoms with Crippen molar-refractivity contribution in [2.24, 2.45) is 0 Å². The summed E-state index contributed by atoms with van der Waals surface area (Å²) in [7, 11) is 0. The maximum atomic E-state index is 12.7. The van der Waals surface area contributed by atoms with Gasteiger partial charge in [-0.1, -0.05) is 35.3 Å². The maximum Gasteiger partial charge on any atom is 0.416 e. The molecule has 0 saturated carbocycles. The SMILES string of the molecule is O=C(c1ccc(Cl)cc1Cl)c1c[nH]cc1-c1ccc(C(F)(F)F)cc1. The van der Waals surface area contributed by atoms with E-state index >= 15 is 0 Å². The van der Waals surface area contributed by atoms with Crippen LogP contribution in [0.2, 0.25) is 10.0 Å². The molecule has 2 nitrogen and oxygen atoms in total. The van der Waals surface area contributed by atoms with Gasteiger partial charge in [0.2, 0.25) is 0 Å². The number of H-pyrrole nitrogens is 1. The molecule has 1 N–H and O–H groups in total. The van der Waals surface area contributed by atoms with Crippen LogP contribution < -0.4 is 0 Å². The lowest BCUT2D eigenvalue weighted by Crippen LogP contribution is -2.05. The highest BCUT2D eigenvalue weighted by molar-refractivity contribution is 6.37. The van der Waals surface area contributed by atoms with E-state index in [-0.39, 0.29) is 16.4 Å². The van der Waals surface area contributed by atoms with Gasteiger partial charge in [0, 0.05) is 34.1 Å². The highest BCUT2D eigenvalue weighted by atomic mass is 35.5. The Balaban J connectivity index is 1.99. The summed E-state index contributed by atoms with van der Waals surface area (Å²) in [5.74, 6) is -0.349. The number of hydrogen-bond donors (Lipinski definition) is 1. The lowest BCUT2D eigenvalue weighted by atomic mass is 9.97. The number of rotatable bonds is 3. The Labute approximate surface area is 151 Å². The Morgan fingerprint density at radius 1 is 0.920 bits per heavy atom. The second-order valence-electron chi connectivity index (χ2n) is 5.31. The zero-order chi connectivity index (χ0) is 18.2. The van der Waals surface area contributed by atoms with Gasteiger partial charge in [-0.2, -0.15) is 13.2 Å². The van der Waals surface area contributed by atoms with Gasteiger partial charge in [-0.05, 0) is 35.9 Å². The van der Waals surface area contributed by atoms with Gasteiger partial charge < -0.3 is 4.98 Å². The van der Waals surface area contributed by atoms with Crippen molar-refractivity contribution in [3.05, 3.63) is 81.6 Å². The molecule has 1 aromatic heterocycles. The lowest BCUT2D eigenvalue weighted by molar-refractivity contribution is -0.137. The topological polar surface area (TPSA) is 32.9 Å². The van der Waals surface area contributed by atoms with Crippen LogP contribution in [-0.2, 0) is 6.18 Å². The van der Waals surface area contributed by atoms with Crippen LogP contribution in [0.5, 0.6) is 0 Å². The Hall–Kier alpha value is -2.24. The van der Waals surface area contributed by atoms with Gasteiger partial charge in [-0.25, -0.2) is 0 Å². The molecule has 0 aliphatic rings. The minimum atomic E-state index is -4.41. The van der Waals surface area contributed by atoms with Gasteiger partial charge in [0.15, 0.2) is 5.78 Å². The normalized spacial score (nSPS) is 11.6. The minimum absolute atomic E-state index is 0.206. The van der Waals surface area contributed by atoms with Crippen LogP contribution in [0.3, 0.4) is 0 Å². The molecule has 0 fully saturated rings. The largest absolute Gasteiger partial charge is 0.416 e. The second-order valence-corrected chi connectivity index (χ2v) is 6.15. The predicted octanol–water partition coefficient (Wildman–Crippen LogP) is 6.24. The minimum Gasteiger partial charge on any atom is -0.366 e. The second kappa shape index (κ2) is 6.58. The molecule has 0 bridgehead atoms.